The second-order valence-corrected chi connectivity index (χ2v) is 10.5. The number of aliphatic hydroxyl groups is 1. The Labute approximate surface area is 183 Å². The quantitative estimate of drug-likeness (QED) is 0.681. The number of Topliss-reactive ketones (excluding diaryl/α,β-unsaturated/α-hetero) is 1. The summed E-state index contributed by atoms with van der Waals surface area (Å²) in [6.45, 7) is 4.27. The second-order valence-electron chi connectivity index (χ2n) is 10.5. The summed E-state index contributed by atoms with van der Waals surface area (Å²) in [6, 6.07) is 7.45. The first-order valence-electron chi connectivity index (χ1n) is 11.3. The van der Waals surface area contributed by atoms with Crippen molar-refractivity contribution < 1.29 is 9.90 Å². The van der Waals surface area contributed by atoms with Gasteiger partial charge in [0.05, 0.1) is 36.3 Å². The van der Waals surface area contributed by atoms with Gasteiger partial charge in [-0.2, -0.15) is 21.0 Å². The fourth-order valence-electron chi connectivity index (χ4n) is 7.60. The van der Waals surface area contributed by atoms with Gasteiger partial charge in [0.2, 0.25) is 0 Å². The minimum absolute atomic E-state index is 0.0218. The Bertz CT molecular complexity index is 977. The zero-order chi connectivity index (χ0) is 22.6. The van der Waals surface area contributed by atoms with E-state index in [2.05, 4.69) is 13.0 Å². The van der Waals surface area contributed by atoms with Crippen molar-refractivity contribution in [2.45, 2.75) is 64.9 Å². The van der Waals surface area contributed by atoms with Gasteiger partial charge >= 0.3 is 0 Å². The molecular formula is C25H28N4O2. The molecule has 0 amide bonds. The van der Waals surface area contributed by atoms with Crippen LogP contribution in [0.4, 0.5) is 0 Å². The van der Waals surface area contributed by atoms with Gasteiger partial charge in [-0.05, 0) is 68.1 Å². The van der Waals surface area contributed by atoms with Crippen LogP contribution >= 0.6 is 0 Å². The Kier molecular flexibility index (Phi) is 5.00. The molecule has 4 aliphatic carbocycles. The van der Waals surface area contributed by atoms with Crippen molar-refractivity contribution in [2.75, 3.05) is 0 Å². The molecule has 6 nitrogen and oxygen atoms in total. The van der Waals surface area contributed by atoms with Gasteiger partial charge in [-0.25, -0.2) is 0 Å². The van der Waals surface area contributed by atoms with Gasteiger partial charge < -0.3 is 5.11 Å². The summed E-state index contributed by atoms with van der Waals surface area (Å²) < 4.78 is 0. The molecule has 0 radical (unpaired) electrons. The molecule has 7 unspecified atom stereocenters. The van der Waals surface area contributed by atoms with Gasteiger partial charge in [-0.3, -0.25) is 4.79 Å². The van der Waals surface area contributed by atoms with Crippen LogP contribution in [0, 0.1) is 91.2 Å². The monoisotopic (exact) mass is 416 g/mol. The number of fused-ring (bicyclic) bond motifs is 5. The topological polar surface area (TPSA) is 132 Å². The minimum Gasteiger partial charge on any atom is -0.393 e. The number of aliphatic hydroxyl groups excluding tert-OH is 1. The zero-order valence-corrected chi connectivity index (χ0v) is 18.1. The van der Waals surface area contributed by atoms with E-state index in [1.54, 1.807) is 12.1 Å². The number of nitriles is 4. The van der Waals surface area contributed by atoms with E-state index in [0.717, 1.165) is 32.1 Å². The predicted molar refractivity (Wildman–Crippen MR) is 110 cm³/mol. The lowest BCUT2D eigenvalue weighted by Gasteiger charge is -2.56. The van der Waals surface area contributed by atoms with Crippen molar-refractivity contribution >= 4 is 5.78 Å². The molecule has 3 saturated carbocycles. The molecule has 4 aliphatic rings. The average Bonchev–Trinajstić information content (AvgIpc) is 3.04. The summed E-state index contributed by atoms with van der Waals surface area (Å²) in [6.07, 6.45) is 7.29. The van der Waals surface area contributed by atoms with Crippen molar-refractivity contribution in [2.24, 2.45) is 45.8 Å². The van der Waals surface area contributed by atoms with Crippen LogP contribution in [0.1, 0.15) is 58.8 Å². The smallest absolute Gasteiger partial charge is 0.182 e. The molecule has 0 spiro atoms. The van der Waals surface area contributed by atoms with E-state index in [1.165, 1.54) is 5.57 Å². The van der Waals surface area contributed by atoms with E-state index < -0.39 is 22.7 Å². The maximum absolute atomic E-state index is 13.7. The van der Waals surface area contributed by atoms with E-state index in [0.29, 0.717) is 18.8 Å². The Hall–Kier alpha value is -2.67. The first-order chi connectivity index (χ1) is 14.7. The molecule has 6 heteroatoms. The third-order valence-corrected chi connectivity index (χ3v) is 9.47. The maximum atomic E-state index is 13.7. The first kappa shape index (κ1) is 21.6. The number of carbonyl (C=O) groups excluding carboxylic acids is 1. The normalized spacial score (nSPS) is 41.5. The minimum atomic E-state index is -1.93. The highest BCUT2D eigenvalue weighted by molar-refractivity contribution is 5.91. The first-order valence-corrected chi connectivity index (χ1v) is 11.3. The zero-order valence-electron chi connectivity index (χ0n) is 18.1. The molecule has 0 aromatic rings. The van der Waals surface area contributed by atoms with Gasteiger partial charge in [-0.15, -0.1) is 0 Å². The second kappa shape index (κ2) is 7.19. The van der Waals surface area contributed by atoms with Crippen LogP contribution in [-0.2, 0) is 4.79 Å². The molecule has 1 N–H and O–H groups in total. The van der Waals surface area contributed by atoms with Gasteiger partial charge in [0.25, 0.3) is 0 Å². The van der Waals surface area contributed by atoms with Gasteiger partial charge in [0.15, 0.2) is 11.3 Å². The molecule has 160 valence electrons. The maximum Gasteiger partial charge on any atom is 0.182 e. The third kappa shape index (κ3) is 2.72. The lowest BCUT2D eigenvalue weighted by Crippen LogP contribution is -2.50. The molecule has 31 heavy (non-hydrogen) atoms. The molecule has 3 fully saturated rings. The number of carbonyl (C=O) groups is 1. The fraction of sp³-hybridized carbons (Fsp3) is 0.720. The Morgan fingerprint density at radius 3 is 2.32 bits per heavy atom. The van der Waals surface area contributed by atoms with Crippen molar-refractivity contribution in [3.05, 3.63) is 11.6 Å². The van der Waals surface area contributed by atoms with Crippen LogP contribution in [0.25, 0.3) is 0 Å². The highest BCUT2D eigenvalue weighted by atomic mass is 16.3. The molecular weight excluding hydrogens is 388 g/mol. The Morgan fingerprint density at radius 2 is 1.71 bits per heavy atom. The molecule has 0 saturated heterocycles. The summed E-state index contributed by atoms with van der Waals surface area (Å²) in [7, 11) is 0. The average molecular weight is 417 g/mol. The van der Waals surface area contributed by atoms with Crippen LogP contribution in [0.3, 0.4) is 0 Å². The molecule has 4 rings (SSSR count). The molecule has 7 atom stereocenters. The van der Waals surface area contributed by atoms with Crippen molar-refractivity contribution in [3.8, 4) is 24.3 Å². The van der Waals surface area contributed by atoms with E-state index >= 15 is 0 Å². The van der Waals surface area contributed by atoms with Crippen LogP contribution < -0.4 is 0 Å². The van der Waals surface area contributed by atoms with Crippen LogP contribution in [-0.4, -0.2) is 17.0 Å². The number of rotatable bonds is 2. The number of hydrogen-bond acceptors (Lipinski definition) is 6. The Morgan fingerprint density at radius 1 is 1.06 bits per heavy atom. The van der Waals surface area contributed by atoms with E-state index in [1.807, 2.05) is 19.1 Å². The standard InChI is InChI=1S/C25H28N4O2/c1-23-7-5-17(30)9-15(23)3-4-18-19(23)6-8-24(2)20(18)10-21(22(24)31)25(13-28,14-29)16(11-26)12-27/h3,16-21,30H,4-10H2,1-2H3. The number of hydrogen-bond donors (Lipinski definition) is 1. The largest absolute Gasteiger partial charge is 0.393 e. The molecule has 0 aromatic carbocycles. The summed E-state index contributed by atoms with van der Waals surface area (Å²) in [4.78, 5) is 13.7. The highest BCUT2D eigenvalue weighted by Gasteiger charge is 2.66. The number of allylic oxidation sites excluding steroid dienone is 1. The third-order valence-electron chi connectivity index (χ3n) is 9.47. The molecule has 0 aliphatic heterocycles. The predicted octanol–water partition coefficient (Wildman–Crippen LogP) is 3.80. The van der Waals surface area contributed by atoms with Crippen LogP contribution in [0.5, 0.6) is 0 Å². The lowest BCUT2D eigenvalue weighted by molar-refractivity contribution is -0.135. The number of nitrogens with zero attached hydrogens (tertiary/aromatic N) is 4. The van der Waals surface area contributed by atoms with Crippen molar-refractivity contribution in [1.82, 2.24) is 0 Å². The summed E-state index contributed by atoms with van der Waals surface area (Å²) in [5.74, 6) is -1.77. The summed E-state index contributed by atoms with van der Waals surface area (Å²) in [5.41, 5.74) is -1.19. The lowest BCUT2D eigenvalue weighted by atomic mass is 9.48. The van der Waals surface area contributed by atoms with Crippen LogP contribution in [0.2, 0.25) is 0 Å². The molecule has 0 aromatic heterocycles. The van der Waals surface area contributed by atoms with E-state index in [-0.39, 0.29) is 29.1 Å². The molecule has 0 heterocycles. The van der Waals surface area contributed by atoms with Gasteiger partial charge in [-0.1, -0.05) is 25.5 Å². The summed E-state index contributed by atoms with van der Waals surface area (Å²) >= 11 is 0. The number of ketones is 1. The molecule has 0 bridgehead atoms. The fourth-order valence-corrected chi connectivity index (χ4v) is 7.60. The van der Waals surface area contributed by atoms with Gasteiger partial charge in [0.1, 0.15) is 5.78 Å². The van der Waals surface area contributed by atoms with E-state index in [4.69, 9.17) is 0 Å². The Balaban J connectivity index is 1.73. The highest BCUT2D eigenvalue weighted by Crippen LogP contribution is 2.66. The summed E-state index contributed by atoms with van der Waals surface area (Å²) in [5, 5.41) is 48.9. The van der Waals surface area contributed by atoms with Gasteiger partial charge in [0, 0.05) is 5.41 Å². The van der Waals surface area contributed by atoms with E-state index in [9.17, 15) is 30.9 Å². The van der Waals surface area contributed by atoms with Crippen molar-refractivity contribution in [3.63, 3.8) is 0 Å². The SMILES string of the molecule is CC12CCC3C(CC=C4CC(O)CCC43C)C1CC(C(C#N)(C#N)C(C#N)C#N)C2=O. The van der Waals surface area contributed by atoms with Crippen molar-refractivity contribution in [1.29, 1.82) is 21.0 Å². The van der Waals surface area contributed by atoms with Crippen LogP contribution in [0.15, 0.2) is 11.6 Å².